The van der Waals surface area contributed by atoms with Gasteiger partial charge in [0.1, 0.15) is 5.78 Å². The van der Waals surface area contributed by atoms with Gasteiger partial charge in [-0.2, -0.15) is 0 Å². The van der Waals surface area contributed by atoms with Crippen LogP contribution in [-0.2, 0) is 24.0 Å². The number of nitrogens with one attached hydrogen (secondary N) is 3. The minimum absolute atomic E-state index is 0.0209. The first-order chi connectivity index (χ1) is 12.5. The van der Waals surface area contributed by atoms with Crippen LogP contribution in [0.5, 0.6) is 0 Å². The molecule has 0 saturated heterocycles. The van der Waals surface area contributed by atoms with E-state index in [9.17, 15) is 24.0 Å². The van der Waals surface area contributed by atoms with E-state index in [2.05, 4.69) is 16.0 Å². The van der Waals surface area contributed by atoms with Crippen molar-refractivity contribution in [3.05, 3.63) is 0 Å². The Morgan fingerprint density at radius 3 is 1.78 bits per heavy atom. The number of ketones is 2. The lowest BCUT2D eigenvalue weighted by molar-refractivity contribution is -0.131. The summed E-state index contributed by atoms with van der Waals surface area (Å²) in [5.74, 6) is -1.03. The first kappa shape index (κ1) is 24.8. The lowest BCUT2D eigenvalue weighted by atomic mass is 9.87. The summed E-state index contributed by atoms with van der Waals surface area (Å²) < 4.78 is 0. The molecule has 3 amide bonds. The highest BCUT2D eigenvalue weighted by Crippen LogP contribution is 2.18. The highest BCUT2D eigenvalue weighted by molar-refractivity contribution is 5.93. The average Bonchev–Trinajstić information content (AvgIpc) is 2.61. The Balaban J connectivity index is 4.73. The van der Waals surface area contributed by atoms with Crippen LogP contribution in [0.15, 0.2) is 0 Å². The van der Waals surface area contributed by atoms with Gasteiger partial charge in [0.25, 0.3) is 0 Å². The number of hydrogen-bond donors (Lipinski definition) is 3. The Labute approximate surface area is 161 Å². The van der Waals surface area contributed by atoms with Gasteiger partial charge in [-0.05, 0) is 12.8 Å². The summed E-state index contributed by atoms with van der Waals surface area (Å²) in [7, 11) is 3.02. The quantitative estimate of drug-likeness (QED) is 0.462. The van der Waals surface area contributed by atoms with E-state index in [0.29, 0.717) is 6.42 Å². The maximum atomic E-state index is 12.5. The van der Waals surface area contributed by atoms with Gasteiger partial charge >= 0.3 is 0 Å². The molecule has 0 radical (unpaired) electrons. The molecule has 0 aromatic heterocycles. The van der Waals surface area contributed by atoms with Crippen molar-refractivity contribution in [2.45, 2.75) is 71.8 Å². The van der Waals surface area contributed by atoms with E-state index >= 15 is 0 Å². The molecular weight excluding hydrogens is 350 g/mol. The molecule has 27 heavy (non-hydrogen) atoms. The van der Waals surface area contributed by atoms with E-state index < -0.39 is 11.5 Å². The molecular formula is C19H33N3O5. The molecule has 0 aromatic rings. The number of carbonyl (C=O) groups excluding carboxylic acids is 5. The van der Waals surface area contributed by atoms with Gasteiger partial charge < -0.3 is 16.0 Å². The molecule has 1 atom stereocenters. The van der Waals surface area contributed by atoms with Gasteiger partial charge in [-0.3, -0.25) is 24.0 Å². The zero-order valence-electron chi connectivity index (χ0n) is 17.1. The van der Waals surface area contributed by atoms with Crippen LogP contribution in [0.2, 0.25) is 0 Å². The molecule has 0 rings (SSSR count). The van der Waals surface area contributed by atoms with Gasteiger partial charge in [0.05, 0.1) is 6.04 Å². The van der Waals surface area contributed by atoms with E-state index in [4.69, 9.17) is 0 Å². The normalized spacial score (nSPS) is 12.0. The standard InChI is InChI=1S/C19H33N3O5/c1-19(2,3)15(24)11-10-14(23)13(9-12-17(26)21-5)22-18(27)8-6-7-16(25)20-4/h13H,6-12H2,1-5H3,(H,20,25)(H,21,26)(H,22,27)/t13-/m0/s1. The van der Waals surface area contributed by atoms with Crippen LogP contribution in [0.3, 0.4) is 0 Å². The number of carbonyl (C=O) groups is 5. The van der Waals surface area contributed by atoms with Crippen LogP contribution < -0.4 is 16.0 Å². The number of Topliss-reactive ketones (excluding diaryl/α,β-unsaturated/α-hetero) is 2. The molecule has 0 bridgehead atoms. The third kappa shape index (κ3) is 11.1. The number of amides is 3. The minimum Gasteiger partial charge on any atom is -0.359 e. The monoisotopic (exact) mass is 383 g/mol. The van der Waals surface area contributed by atoms with Crippen molar-refractivity contribution >= 4 is 29.3 Å². The third-order valence-corrected chi connectivity index (χ3v) is 4.18. The van der Waals surface area contributed by atoms with E-state index in [1.807, 2.05) is 0 Å². The molecule has 3 N–H and O–H groups in total. The van der Waals surface area contributed by atoms with Crippen molar-refractivity contribution in [3.63, 3.8) is 0 Å². The van der Waals surface area contributed by atoms with Crippen molar-refractivity contribution in [2.24, 2.45) is 5.41 Å². The molecule has 8 heteroatoms. The SMILES string of the molecule is CNC(=O)CCCC(=O)N[C@@H](CCC(=O)NC)C(=O)CCC(=O)C(C)(C)C. The van der Waals surface area contributed by atoms with Crippen LogP contribution in [0, 0.1) is 5.41 Å². The van der Waals surface area contributed by atoms with Gasteiger partial charge in [-0.25, -0.2) is 0 Å². The second-order valence-electron chi connectivity index (χ2n) is 7.50. The molecule has 8 nitrogen and oxygen atoms in total. The van der Waals surface area contributed by atoms with Crippen LogP contribution >= 0.6 is 0 Å². The Morgan fingerprint density at radius 1 is 0.741 bits per heavy atom. The summed E-state index contributed by atoms with van der Waals surface area (Å²) in [6.45, 7) is 5.37. The summed E-state index contributed by atoms with van der Waals surface area (Å²) >= 11 is 0. The van der Waals surface area contributed by atoms with Gasteiger partial charge in [0.15, 0.2) is 5.78 Å². The molecule has 0 unspecified atom stereocenters. The third-order valence-electron chi connectivity index (χ3n) is 4.18. The second-order valence-corrected chi connectivity index (χ2v) is 7.50. The fraction of sp³-hybridized carbons (Fsp3) is 0.737. The van der Waals surface area contributed by atoms with Crippen LogP contribution in [0.1, 0.15) is 65.7 Å². The van der Waals surface area contributed by atoms with Gasteiger partial charge in [0, 0.05) is 51.6 Å². The first-order valence-electron chi connectivity index (χ1n) is 9.27. The van der Waals surface area contributed by atoms with Crippen molar-refractivity contribution in [1.82, 2.24) is 16.0 Å². The molecule has 0 fully saturated rings. The van der Waals surface area contributed by atoms with Gasteiger partial charge in [-0.15, -0.1) is 0 Å². The summed E-state index contributed by atoms with van der Waals surface area (Å²) in [4.78, 5) is 59.2. The Hall–Kier alpha value is -2.25. The van der Waals surface area contributed by atoms with Crippen LogP contribution in [0.4, 0.5) is 0 Å². The van der Waals surface area contributed by atoms with Gasteiger partial charge in [-0.1, -0.05) is 20.8 Å². The van der Waals surface area contributed by atoms with Crippen molar-refractivity contribution in [1.29, 1.82) is 0 Å². The zero-order chi connectivity index (χ0) is 21.0. The molecule has 0 spiro atoms. The van der Waals surface area contributed by atoms with Crippen LogP contribution in [-0.4, -0.2) is 49.4 Å². The Kier molecular flexibility index (Phi) is 11.2. The summed E-state index contributed by atoms with van der Waals surface area (Å²) in [6, 6.07) is -0.817. The molecule has 0 aliphatic carbocycles. The largest absolute Gasteiger partial charge is 0.359 e. The molecule has 0 heterocycles. The maximum absolute atomic E-state index is 12.5. The molecule has 0 saturated carbocycles. The second kappa shape index (κ2) is 12.2. The maximum Gasteiger partial charge on any atom is 0.220 e. The molecule has 0 aromatic carbocycles. The predicted octanol–water partition coefficient (Wildman–Crippen LogP) is 0.878. The van der Waals surface area contributed by atoms with Crippen molar-refractivity contribution in [2.75, 3.05) is 14.1 Å². The summed E-state index contributed by atoms with van der Waals surface area (Å²) in [6.07, 6.45) is 1.09. The number of hydrogen-bond acceptors (Lipinski definition) is 5. The smallest absolute Gasteiger partial charge is 0.220 e. The summed E-state index contributed by atoms with van der Waals surface area (Å²) in [5.41, 5.74) is -0.527. The van der Waals surface area contributed by atoms with E-state index in [0.717, 1.165) is 0 Å². The topological polar surface area (TPSA) is 121 Å². The number of rotatable bonds is 12. The van der Waals surface area contributed by atoms with Crippen LogP contribution in [0.25, 0.3) is 0 Å². The lowest BCUT2D eigenvalue weighted by Gasteiger charge is -2.19. The average molecular weight is 383 g/mol. The van der Waals surface area contributed by atoms with Crippen molar-refractivity contribution < 1.29 is 24.0 Å². The highest BCUT2D eigenvalue weighted by atomic mass is 16.2. The Morgan fingerprint density at radius 2 is 1.26 bits per heavy atom. The minimum atomic E-state index is -0.817. The zero-order valence-corrected chi connectivity index (χ0v) is 17.1. The lowest BCUT2D eigenvalue weighted by Crippen LogP contribution is -2.42. The highest BCUT2D eigenvalue weighted by Gasteiger charge is 2.25. The first-order valence-corrected chi connectivity index (χ1v) is 9.27. The molecule has 154 valence electrons. The summed E-state index contributed by atoms with van der Waals surface area (Å²) in [5, 5.41) is 7.59. The molecule has 0 aliphatic heterocycles. The van der Waals surface area contributed by atoms with E-state index in [-0.39, 0.29) is 67.8 Å². The fourth-order valence-corrected chi connectivity index (χ4v) is 2.30. The molecule has 0 aliphatic rings. The van der Waals surface area contributed by atoms with E-state index in [1.165, 1.54) is 14.1 Å². The van der Waals surface area contributed by atoms with Crippen molar-refractivity contribution in [3.8, 4) is 0 Å². The fourth-order valence-electron chi connectivity index (χ4n) is 2.30. The van der Waals surface area contributed by atoms with Gasteiger partial charge in [0.2, 0.25) is 17.7 Å². The van der Waals surface area contributed by atoms with E-state index in [1.54, 1.807) is 20.8 Å². The predicted molar refractivity (Wildman–Crippen MR) is 102 cm³/mol. The Bertz CT molecular complexity index is 552.